The summed E-state index contributed by atoms with van der Waals surface area (Å²) in [5, 5.41) is 39.6. The number of hydrogen-bond donors (Lipinski definition) is 5. The van der Waals surface area contributed by atoms with Gasteiger partial charge in [0.05, 0.1) is 19.3 Å². The molecular formula is C18H31NO12S. The summed E-state index contributed by atoms with van der Waals surface area (Å²) in [6, 6.07) is -1.01. The molecule has 0 amide bonds. The van der Waals surface area contributed by atoms with Gasteiger partial charge in [0.1, 0.15) is 42.7 Å². The number of rotatable bonds is 5. The molecule has 4 aliphatic heterocycles. The topological polar surface area (TPSA) is 182 Å². The zero-order chi connectivity index (χ0) is 23.6. The van der Waals surface area contributed by atoms with Crippen LogP contribution < -0.4 is 4.72 Å². The first kappa shape index (κ1) is 24.6. The van der Waals surface area contributed by atoms with Gasteiger partial charge in [0, 0.05) is 0 Å². The van der Waals surface area contributed by atoms with Crippen molar-refractivity contribution in [3.8, 4) is 0 Å². The van der Waals surface area contributed by atoms with E-state index in [2.05, 4.69) is 4.72 Å². The molecule has 4 saturated heterocycles. The largest absolute Gasteiger partial charge is 0.394 e. The summed E-state index contributed by atoms with van der Waals surface area (Å²) in [5.41, 5.74) is -1.97. The maximum Gasteiger partial charge on any atom is 0.241 e. The molecule has 4 aliphatic rings. The maximum atomic E-state index is 13.2. The predicted molar refractivity (Wildman–Crippen MR) is 103 cm³/mol. The molecule has 0 bridgehead atoms. The van der Waals surface area contributed by atoms with E-state index in [0.29, 0.717) is 0 Å². The van der Waals surface area contributed by atoms with Crippen LogP contribution in [0.15, 0.2) is 0 Å². The van der Waals surface area contributed by atoms with Crippen molar-refractivity contribution in [1.29, 1.82) is 0 Å². The Balaban J connectivity index is 1.58. The highest BCUT2D eigenvalue weighted by Gasteiger charge is 2.60. The molecule has 4 rings (SSSR count). The monoisotopic (exact) mass is 485 g/mol. The Kier molecular flexibility index (Phi) is 6.40. The molecule has 0 aromatic heterocycles. The minimum Gasteiger partial charge on any atom is -0.394 e. The predicted octanol–water partition coefficient (Wildman–Crippen LogP) is -2.90. The molecule has 0 unspecified atom stereocenters. The fourth-order valence-corrected chi connectivity index (χ4v) is 6.04. The number of hydrogen-bond acceptors (Lipinski definition) is 12. The van der Waals surface area contributed by atoms with Gasteiger partial charge in [0.15, 0.2) is 17.9 Å². The van der Waals surface area contributed by atoms with Gasteiger partial charge in [0.25, 0.3) is 0 Å². The van der Waals surface area contributed by atoms with E-state index in [-0.39, 0.29) is 6.61 Å². The van der Waals surface area contributed by atoms with E-state index in [9.17, 15) is 28.8 Å². The molecule has 32 heavy (non-hydrogen) atoms. The molecule has 5 N–H and O–H groups in total. The molecule has 0 aromatic carbocycles. The minimum absolute atomic E-state index is 0.138. The van der Waals surface area contributed by atoms with E-state index in [1.807, 2.05) is 0 Å². The Morgan fingerprint density at radius 3 is 2.19 bits per heavy atom. The molecule has 0 saturated carbocycles. The summed E-state index contributed by atoms with van der Waals surface area (Å²) in [6.07, 6.45) is -10.1. The van der Waals surface area contributed by atoms with Gasteiger partial charge >= 0.3 is 0 Å². The van der Waals surface area contributed by atoms with E-state index in [1.165, 1.54) is 0 Å². The van der Waals surface area contributed by atoms with Gasteiger partial charge in [-0.1, -0.05) is 0 Å². The van der Waals surface area contributed by atoms with Crippen LogP contribution in [0.4, 0.5) is 0 Å². The Morgan fingerprint density at radius 1 is 0.906 bits per heavy atom. The third kappa shape index (κ3) is 4.44. The van der Waals surface area contributed by atoms with Crippen molar-refractivity contribution in [3.63, 3.8) is 0 Å². The minimum atomic E-state index is -4.50. The second-order valence-electron chi connectivity index (χ2n) is 9.32. The first-order valence-corrected chi connectivity index (χ1v) is 11.9. The Labute approximate surface area is 185 Å². The first-order chi connectivity index (χ1) is 14.7. The van der Waals surface area contributed by atoms with Crippen LogP contribution in [0.3, 0.4) is 0 Å². The van der Waals surface area contributed by atoms with Gasteiger partial charge in [-0.2, -0.15) is 0 Å². The van der Waals surface area contributed by atoms with Crippen LogP contribution >= 0.6 is 0 Å². The second kappa shape index (κ2) is 8.32. The third-order valence-corrected chi connectivity index (χ3v) is 7.54. The van der Waals surface area contributed by atoms with Crippen molar-refractivity contribution in [2.45, 2.75) is 99.8 Å². The quantitative estimate of drug-likeness (QED) is 0.268. The van der Waals surface area contributed by atoms with E-state index >= 15 is 0 Å². The van der Waals surface area contributed by atoms with Crippen LogP contribution in [0.1, 0.15) is 27.7 Å². The van der Waals surface area contributed by atoms with E-state index < -0.39 is 88.7 Å². The number of aliphatic hydroxyl groups excluding tert-OH is 4. The Bertz CT molecular complexity index is 804. The zero-order valence-corrected chi connectivity index (χ0v) is 19.0. The smallest absolute Gasteiger partial charge is 0.241 e. The lowest BCUT2D eigenvalue weighted by atomic mass is 10.0. The number of fused-ring (bicyclic) bond motifs is 1. The SMILES string of the molecule is CC1(C)O[C@H]2O[C@H]([C@H]3COC(C)(C)O3)[C@@H](NS(=O)(=O)[C@@H]3O[C@H](CO)[C@@H](O)[C@H](O)[C@H]3O)[C@H]2O1. The molecule has 14 heteroatoms. The van der Waals surface area contributed by atoms with Crippen molar-refractivity contribution in [1.82, 2.24) is 4.72 Å². The van der Waals surface area contributed by atoms with Crippen LogP contribution in [0.25, 0.3) is 0 Å². The highest BCUT2D eigenvalue weighted by atomic mass is 32.2. The Morgan fingerprint density at radius 2 is 1.59 bits per heavy atom. The molecule has 0 aromatic rings. The number of aliphatic hydroxyl groups is 4. The maximum absolute atomic E-state index is 13.2. The van der Waals surface area contributed by atoms with Crippen molar-refractivity contribution < 1.29 is 57.3 Å². The molecule has 4 fully saturated rings. The van der Waals surface area contributed by atoms with E-state index in [1.54, 1.807) is 27.7 Å². The lowest BCUT2D eigenvalue weighted by Gasteiger charge is -2.40. The average molecular weight is 486 g/mol. The zero-order valence-electron chi connectivity index (χ0n) is 18.2. The molecule has 0 aliphatic carbocycles. The van der Waals surface area contributed by atoms with Crippen LogP contribution in [-0.4, -0.2) is 114 Å². The molecule has 4 heterocycles. The lowest BCUT2D eigenvalue weighted by Crippen LogP contribution is -2.64. The average Bonchev–Trinajstić information content (AvgIpc) is 3.29. The molecule has 186 valence electrons. The highest BCUT2D eigenvalue weighted by Crippen LogP contribution is 2.41. The third-order valence-electron chi connectivity index (χ3n) is 5.94. The summed E-state index contributed by atoms with van der Waals surface area (Å²) < 4.78 is 63.0. The van der Waals surface area contributed by atoms with Crippen LogP contribution in [0, 0.1) is 0 Å². The van der Waals surface area contributed by atoms with Crippen LogP contribution in [0.2, 0.25) is 0 Å². The van der Waals surface area contributed by atoms with E-state index in [4.69, 9.17) is 28.4 Å². The summed E-state index contributed by atoms with van der Waals surface area (Å²) in [6.45, 7) is 6.12. The molecule has 10 atom stereocenters. The van der Waals surface area contributed by atoms with Crippen molar-refractivity contribution >= 4 is 10.0 Å². The van der Waals surface area contributed by atoms with Gasteiger partial charge in [-0.25, -0.2) is 13.1 Å². The molecule has 0 radical (unpaired) electrons. The summed E-state index contributed by atoms with van der Waals surface area (Å²) in [5.74, 6) is -1.92. The normalized spacial score (nSPS) is 48.1. The standard InChI is InChI=1S/C18H31NO12S/c1-17(2)26-6-8(29-17)13-9(14-15(28-13)31-18(3,4)30-14)19-32(24,25)16-12(23)11(22)10(21)7(5-20)27-16/h7-16,19-23H,5-6H2,1-4H3/t7-,8-,9-,10-,11+,12-,13-,14-,15-,16+/m1/s1. The number of ether oxygens (including phenoxy) is 6. The highest BCUT2D eigenvalue weighted by molar-refractivity contribution is 7.90. The summed E-state index contributed by atoms with van der Waals surface area (Å²) in [7, 11) is -4.50. The summed E-state index contributed by atoms with van der Waals surface area (Å²) >= 11 is 0. The Hall–Kier alpha value is -0.490. The number of sulfonamides is 1. The van der Waals surface area contributed by atoms with Gasteiger partial charge < -0.3 is 48.8 Å². The van der Waals surface area contributed by atoms with Crippen molar-refractivity contribution in [3.05, 3.63) is 0 Å². The van der Waals surface area contributed by atoms with Crippen LogP contribution in [-0.2, 0) is 38.4 Å². The van der Waals surface area contributed by atoms with Gasteiger partial charge in [-0.15, -0.1) is 0 Å². The van der Waals surface area contributed by atoms with Gasteiger partial charge in [-0.05, 0) is 27.7 Å². The lowest BCUT2D eigenvalue weighted by molar-refractivity contribution is -0.223. The van der Waals surface area contributed by atoms with Crippen molar-refractivity contribution in [2.75, 3.05) is 13.2 Å². The molecule has 13 nitrogen and oxygen atoms in total. The number of nitrogens with one attached hydrogen (secondary N) is 1. The van der Waals surface area contributed by atoms with Gasteiger partial charge in [0.2, 0.25) is 15.5 Å². The van der Waals surface area contributed by atoms with Crippen molar-refractivity contribution in [2.24, 2.45) is 0 Å². The van der Waals surface area contributed by atoms with Crippen LogP contribution in [0.5, 0.6) is 0 Å². The summed E-state index contributed by atoms with van der Waals surface area (Å²) in [4.78, 5) is 0. The fourth-order valence-electron chi connectivity index (χ4n) is 4.44. The second-order valence-corrected chi connectivity index (χ2v) is 11.1. The fraction of sp³-hybridized carbons (Fsp3) is 1.00. The molecular weight excluding hydrogens is 454 g/mol. The van der Waals surface area contributed by atoms with Gasteiger partial charge in [-0.3, -0.25) is 0 Å². The molecule has 0 spiro atoms. The first-order valence-electron chi connectivity index (χ1n) is 10.4. The van der Waals surface area contributed by atoms with E-state index in [0.717, 1.165) is 0 Å².